The fourth-order valence-electron chi connectivity index (χ4n) is 0.539. The molecule has 0 unspecified atom stereocenters. The molecule has 0 heterocycles. The van der Waals surface area contributed by atoms with Gasteiger partial charge in [0.2, 0.25) is 5.91 Å². The molecule has 0 bridgehead atoms. The minimum Gasteiger partial charge on any atom is -0.343 e. The topological polar surface area (TPSA) is 90.7 Å². The number of rotatable bonds is 5. The highest BCUT2D eigenvalue weighted by Crippen LogP contribution is 2.44. The standard InChI is InChI=1S/C6H15N2O4P.ClH/c1-5(7)6(9)8-4-13(10,11-2)12-3;/h5H,4,7H2,1-3H3,(H,8,9);1H/t5-;/m0./s1. The number of halogens is 1. The molecule has 86 valence electrons. The van der Waals surface area contributed by atoms with Crippen molar-refractivity contribution in [2.75, 3.05) is 20.5 Å². The second-order valence-corrected chi connectivity index (χ2v) is 4.73. The van der Waals surface area contributed by atoms with Crippen molar-refractivity contribution in [2.45, 2.75) is 13.0 Å². The summed E-state index contributed by atoms with van der Waals surface area (Å²) in [5.74, 6) is -0.394. The van der Waals surface area contributed by atoms with Crippen molar-refractivity contribution in [3.05, 3.63) is 0 Å². The summed E-state index contributed by atoms with van der Waals surface area (Å²) >= 11 is 0. The van der Waals surface area contributed by atoms with Crippen LogP contribution in [0.15, 0.2) is 0 Å². The summed E-state index contributed by atoms with van der Waals surface area (Å²) in [6.07, 6.45) is -0.166. The molecule has 0 radical (unpaired) electrons. The van der Waals surface area contributed by atoms with Crippen LogP contribution in [0.1, 0.15) is 6.92 Å². The molecular formula is C6H16ClN2O4P. The van der Waals surface area contributed by atoms with Crippen molar-refractivity contribution in [3.63, 3.8) is 0 Å². The summed E-state index contributed by atoms with van der Waals surface area (Å²) in [4.78, 5) is 11.0. The molecule has 14 heavy (non-hydrogen) atoms. The number of carbonyl (C=O) groups excluding carboxylic acids is 1. The van der Waals surface area contributed by atoms with Crippen LogP contribution in [-0.2, 0) is 18.4 Å². The summed E-state index contributed by atoms with van der Waals surface area (Å²) in [7, 11) is -0.658. The summed E-state index contributed by atoms with van der Waals surface area (Å²) in [6, 6.07) is -0.637. The number of nitrogens with two attached hydrogens (primary N) is 1. The third-order valence-corrected chi connectivity index (χ3v) is 3.07. The van der Waals surface area contributed by atoms with E-state index in [-0.39, 0.29) is 18.7 Å². The SMILES string of the molecule is COP(=O)(CNC(=O)[C@H](C)N)OC.Cl. The fraction of sp³-hybridized carbons (Fsp3) is 0.833. The van der Waals surface area contributed by atoms with E-state index in [4.69, 9.17) is 5.73 Å². The van der Waals surface area contributed by atoms with Gasteiger partial charge in [0.25, 0.3) is 0 Å². The van der Waals surface area contributed by atoms with Gasteiger partial charge in [-0.2, -0.15) is 0 Å². The molecule has 0 aromatic rings. The molecule has 0 aliphatic carbocycles. The molecule has 8 heteroatoms. The summed E-state index contributed by atoms with van der Waals surface area (Å²) in [6.45, 7) is 1.53. The minimum atomic E-state index is -3.16. The first kappa shape index (κ1) is 16.3. The zero-order valence-electron chi connectivity index (χ0n) is 8.35. The van der Waals surface area contributed by atoms with E-state index in [1.807, 2.05) is 0 Å². The van der Waals surface area contributed by atoms with E-state index in [1.165, 1.54) is 21.1 Å². The molecule has 1 atom stereocenters. The Balaban J connectivity index is 0. The van der Waals surface area contributed by atoms with E-state index in [0.29, 0.717) is 0 Å². The van der Waals surface area contributed by atoms with Gasteiger partial charge in [-0.1, -0.05) is 0 Å². The molecule has 0 fully saturated rings. The van der Waals surface area contributed by atoms with Gasteiger partial charge >= 0.3 is 7.60 Å². The Labute approximate surface area is 89.5 Å². The summed E-state index contributed by atoms with van der Waals surface area (Å²) in [5.41, 5.74) is 5.26. The van der Waals surface area contributed by atoms with Gasteiger partial charge < -0.3 is 20.1 Å². The maximum absolute atomic E-state index is 11.4. The van der Waals surface area contributed by atoms with E-state index in [0.717, 1.165) is 0 Å². The lowest BCUT2D eigenvalue weighted by atomic mass is 10.3. The number of nitrogens with one attached hydrogen (secondary N) is 1. The van der Waals surface area contributed by atoms with Crippen molar-refractivity contribution < 1.29 is 18.4 Å². The Morgan fingerprint density at radius 2 is 1.93 bits per heavy atom. The molecule has 0 aromatic carbocycles. The van der Waals surface area contributed by atoms with Crippen LogP contribution in [0.25, 0.3) is 0 Å². The largest absolute Gasteiger partial charge is 0.349 e. The first-order chi connectivity index (χ1) is 5.95. The predicted molar refractivity (Wildman–Crippen MR) is 55.5 cm³/mol. The molecular weight excluding hydrogens is 231 g/mol. The number of amides is 1. The van der Waals surface area contributed by atoms with E-state index >= 15 is 0 Å². The second-order valence-electron chi connectivity index (χ2n) is 2.46. The van der Waals surface area contributed by atoms with Crippen LogP contribution >= 0.6 is 20.0 Å². The monoisotopic (exact) mass is 246 g/mol. The van der Waals surface area contributed by atoms with Crippen molar-refractivity contribution in [2.24, 2.45) is 5.73 Å². The summed E-state index contributed by atoms with van der Waals surface area (Å²) in [5, 5.41) is 2.35. The fourth-order valence-corrected chi connectivity index (χ4v) is 1.30. The quantitative estimate of drug-likeness (QED) is 0.682. The number of hydrogen-bond donors (Lipinski definition) is 2. The lowest BCUT2D eigenvalue weighted by molar-refractivity contribution is -0.121. The molecule has 0 aliphatic rings. The van der Waals surface area contributed by atoms with Crippen LogP contribution in [0, 0.1) is 0 Å². The van der Waals surface area contributed by atoms with Crippen LogP contribution in [0.3, 0.4) is 0 Å². The van der Waals surface area contributed by atoms with Crippen molar-refractivity contribution in [1.82, 2.24) is 5.32 Å². The lowest BCUT2D eigenvalue weighted by Gasteiger charge is -2.14. The zero-order chi connectivity index (χ0) is 10.5. The minimum absolute atomic E-state index is 0. The highest BCUT2D eigenvalue weighted by Gasteiger charge is 2.22. The molecule has 0 spiro atoms. The number of carbonyl (C=O) groups is 1. The molecule has 0 rings (SSSR count). The van der Waals surface area contributed by atoms with Crippen molar-refractivity contribution in [1.29, 1.82) is 0 Å². The normalized spacial score (nSPS) is 12.9. The lowest BCUT2D eigenvalue weighted by Crippen LogP contribution is -2.38. The maximum Gasteiger partial charge on any atom is 0.349 e. The van der Waals surface area contributed by atoms with Crippen LogP contribution < -0.4 is 11.1 Å². The van der Waals surface area contributed by atoms with E-state index < -0.39 is 19.5 Å². The van der Waals surface area contributed by atoms with Gasteiger partial charge in [-0.15, -0.1) is 12.4 Å². The highest BCUT2D eigenvalue weighted by molar-refractivity contribution is 7.53. The van der Waals surface area contributed by atoms with E-state index in [9.17, 15) is 9.36 Å². The van der Waals surface area contributed by atoms with Gasteiger partial charge in [-0.3, -0.25) is 9.36 Å². The van der Waals surface area contributed by atoms with Gasteiger partial charge in [0.15, 0.2) is 0 Å². The van der Waals surface area contributed by atoms with Gasteiger partial charge in [0.05, 0.1) is 6.04 Å². The molecule has 0 aromatic heterocycles. The molecule has 0 saturated carbocycles. The zero-order valence-corrected chi connectivity index (χ0v) is 10.1. The molecule has 0 saturated heterocycles. The van der Waals surface area contributed by atoms with Crippen LogP contribution in [0.2, 0.25) is 0 Å². The number of hydrogen-bond acceptors (Lipinski definition) is 5. The Bertz CT molecular complexity index is 216. The third-order valence-electron chi connectivity index (χ3n) is 1.42. The predicted octanol–water partition coefficient (Wildman–Crippen LogP) is 0.315. The van der Waals surface area contributed by atoms with Gasteiger partial charge in [0, 0.05) is 14.2 Å². The van der Waals surface area contributed by atoms with Gasteiger partial charge in [-0.25, -0.2) is 0 Å². The highest BCUT2D eigenvalue weighted by atomic mass is 35.5. The first-order valence-electron chi connectivity index (χ1n) is 3.69. The molecule has 6 nitrogen and oxygen atoms in total. The van der Waals surface area contributed by atoms with Crippen LogP contribution in [-0.4, -0.2) is 32.5 Å². The Morgan fingerprint density at radius 1 is 1.50 bits per heavy atom. The Morgan fingerprint density at radius 3 is 2.21 bits per heavy atom. The summed E-state index contributed by atoms with van der Waals surface area (Å²) < 4.78 is 20.6. The molecule has 0 aliphatic heterocycles. The van der Waals surface area contributed by atoms with Gasteiger partial charge in [-0.05, 0) is 6.92 Å². The third kappa shape index (κ3) is 5.57. The van der Waals surface area contributed by atoms with E-state index in [1.54, 1.807) is 0 Å². The molecule has 1 amide bonds. The van der Waals surface area contributed by atoms with Crippen LogP contribution in [0.4, 0.5) is 0 Å². The Kier molecular flexibility index (Phi) is 8.39. The van der Waals surface area contributed by atoms with Crippen molar-refractivity contribution >= 4 is 25.9 Å². The second kappa shape index (κ2) is 7.20. The van der Waals surface area contributed by atoms with Gasteiger partial charge in [0.1, 0.15) is 6.29 Å². The Hall–Kier alpha value is -0.130. The van der Waals surface area contributed by atoms with Crippen molar-refractivity contribution in [3.8, 4) is 0 Å². The average Bonchev–Trinajstić information content (AvgIpc) is 2.13. The van der Waals surface area contributed by atoms with E-state index in [2.05, 4.69) is 14.4 Å². The van der Waals surface area contributed by atoms with Crippen LogP contribution in [0.5, 0.6) is 0 Å². The first-order valence-corrected chi connectivity index (χ1v) is 5.42. The smallest absolute Gasteiger partial charge is 0.343 e. The maximum atomic E-state index is 11.4. The molecule has 3 N–H and O–H groups in total. The average molecular weight is 247 g/mol.